The van der Waals surface area contributed by atoms with Crippen molar-refractivity contribution in [1.29, 1.82) is 0 Å². The van der Waals surface area contributed by atoms with Crippen LogP contribution in [0, 0.1) is 0 Å². The predicted octanol–water partition coefficient (Wildman–Crippen LogP) is 3.99. The lowest BCUT2D eigenvalue weighted by Gasteiger charge is -2.14. The number of pyridine rings is 1. The van der Waals surface area contributed by atoms with Gasteiger partial charge in [-0.3, -0.25) is 0 Å². The summed E-state index contributed by atoms with van der Waals surface area (Å²) in [6.07, 6.45) is 5.57. The Morgan fingerprint density at radius 2 is 2.20 bits per heavy atom. The maximum Gasteiger partial charge on any atom is 0.143 e. The Morgan fingerprint density at radius 3 is 2.93 bits per heavy atom. The minimum atomic E-state index is 0.641. The molecule has 0 saturated heterocycles. The highest BCUT2D eigenvalue weighted by molar-refractivity contribution is 7.16. The van der Waals surface area contributed by atoms with E-state index in [2.05, 4.69) is 29.9 Å². The lowest BCUT2D eigenvalue weighted by atomic mass is 9.92. The van der Waals surface area contributed by atoms with Gasteiger partial charge in [0, 0.05) is 6.20 Å². The fraction of sp³-hybridized carbons (Fsp3) is 0.500. The molecular weight excluding hydrogens is 204 g/mol. The summed E-state index contributed by atoms with van der Waals surface area (Å²) in [6, 6.07) is 2.13. The van der Waals surface area contributed by atoms with Crippen LogP contribution < -0.4 is 0 Å². The van der Waals surface area contributed by atoms with E-state index in [4.69, 9.17) is 0 Å². The number of aromatic nitrogens is 2. The Morgan fingerprint density at radius 1 is 1.33 bits per heavy atom. The summed E-state index contributed by atoms with van der Waals surface area (Å²) >= 11 is 1.63. The van der Waals surface area contributed by atoms with E-state index < -0.39 is 0 Å². The number of nitrogens with zero attached hydrogens (tertiary/aromatic N) is 2. The van der Waals surface area contributed by atoms with Gasteiger partial charge in [-0.05, 0) is 30.4 Å². The van der Waals surface area contributed by atoms with Crippen molar-refractivity contribution >= 4 is 21.7 Å². The molecule has 15 heavy (non-hydrogen) atoms. The zero-order valence-electron chi connectivity index (χ0n) is 9.23. The molecule has 2 heterocycles. The second-order valence-electron chi connectivity index (χ2n) is 3.80. The normalized spacial score (nSPS) is 13.2. The van der Waals surface area contributed by atoms with E-state index >= 15 is 0 Å². The maximum absolute atomic E-state index is 4.43. The third-order valence-corrected chi connectivity index (χ3v) is 3.57. The number of hydrogen-bond acceptors (Lipinski definition) is 3. The lowest BCUT2D eigenvalue weighted by molar-refractivity contribution is 0.598. The van der Waals surface area contributed by atoms with E-state index in [0.717, 1.165) is 10.3 Å². The van der Waals surface area contributed by atoms with Gasteiger partial charge in [-0.15, -0.1) is 11.3 Å². The summed E-state index contributed by atoms with van der Waals surface area (Å²) in [7, 11) is 0. The van der Waals surface area contributed by atoms with Crippen LogP contribution in [0.15, 0.2) is 17.8 Å². The molecule has 0 spiro atoms. The van der Waals surface area contributed by atoms with Gasteiger partial charge in [-0.2, -0.15) is 0 Å². The van der Waals surface area contributed by atoms with Gasteiger partial charge in [-0.1, -0.05) is 20.3 Å². The largest absolute Gasteiger partial charge is 0.244 e. The van der Waals surface area contributed by atoms with Crippen molar-refractivity contribution in [2.75, 3.05) is 0 Å². The van der Waals surface area contributed by atoms with Crippen molar-refractivity contribution in [2.45, 2.75) is 39.0 Å². The molecule has 0 fully saturated rings. The highest BCUT2D eigenvalue weighted by Gasteiger charge is 2.13. The molecule has 0 aliphatic carbocycles. The average molecular weight is 220 g/mol. The third-order valence-electron chi connectivity index (χ3n) is 2.84. The molecule has 2 rings (SSSR count). The second kappa shape index (κ2) is 4.71. The molecule has 2 aromatic rings. The Bertz CT molecular complexity index is 436. The highest BCUT2D eigenvalue weighted by atomic mass is 32.1. The molecule has 0 bridgehead atoms. The van der Waals surface area contributed by atoms with Crippen LogP contribution in [-0.2, 0) is 0 Å². The Balaban J connectivity index is 2.44. The van der Waals surface area contributed by atoms with Crippen LogP contribution in [0.1, 0.15) is 44.6 Å². The van der Waals surface area contributed by atoms with Crippen LogP contribution in [0.25, 0.3) is 10.3 Å². The first-order chi connectivity index (χ1) is 7.36. The Hall–Kier alpha value is -0.960. The van der Waals surface area contributed by atoms with E-state index in [9.17, 15) is 0 Å². The SMILES string of the molecule is CCCC(CC)c1ccnc2scnc12. The molecular formula is C12H16N2S. The van der Waals surface area contributed by atoms with Crippen molar-refractivity contribution in [1.82, 2.24) is 9.97 Å². The fourth-order valence-electron chi connectivity index (χ4n) is 2.05. The van der Waals surface area contributed by atoms with Gasteiger partial charge < -0.3 is 0 Å². The van der Waals surface area contributed by atoms with Crippen LogP contribution in [0.5, 0.6) is 0 Å². The second-order valence-corrected chi connectivity index (χ2v) is 4.63. The average Bonchev–Trinajstić information content (AvgIpc) is 2.73. The van der Waals surface area contributed by atoms with E-state index in [1.54, 1.807) is 11.3 Å². The summed E-state index contributed by atoms with van der Waals surface area (Å²) in [5, 5.41) is 0. The molecule has 0 radical (unpaired) electrons. The molecule has 0 N–H and O–H groups in total. The molecule has 0 amide bonds. The molecule has 3 heteroatoms. The molecule has 1 atom stereocenters. The van der Waals surface area contributed by atoms with Gasteiger partial charge in [0.2, 0.25) is 0 Å². The Kier molecular flexibility index (Phi) is 3.31. The Labute approximate surface area is 94.4 Å². The number of thiazole rings is 1. The van der Waals surface area contributed by atoms with Gasteiger partial charge in [0.05, 0.1) is 5.51 Å². The molecule has 2 aromatic heterocycles. The molecule has 0 aliphatic heterocycles. The predicted molar refractivity (Wildman–Crippen MR) is 65.4 cm³/mol. The number of fused-ring (bicyclic) bond motifs is 1. The van der Waals surface area contributed by atoms with Gasteiger partial charge in [0.15, 0.2) is 0 Å². The van der Waals surface area contributed by atoms with E-state index in [1.165, 1.54) is 24.8 Å². The standard InChI is InChI=1S/C12H16N2S/c1-3-5-9(4-2)10-6-7-13-12-11(10)14-8-15-12/h6-9H,3-5H2,1-2H3. The van der Waals surface area contributed by atoms with Crippen LogP contribution in [-0.4, -0.2) is 9.97 Å². The monoisotopic (exact) mass is 220 g/mol. The number of rotatable bonds is 4. The first kappa shape index (κ1) is 10.6. The van der Waals surface area contributed by atoms with Crippen LogP contribution in [0.2, 0.25) is 0 Å². The number of hydrogen-bond donors (Lipinski definition) is 0. The molecule has 0 aliphatic rings. The quantitative estimate of drug-likeness (QED) is 0.778. The summed E-state index contributed by atoms with van der Waals surface area (Å²) in [6.45, 7) is 4.49. The van der Waals surface area contributed by atoms with Crippen LogP contribution >= 0.6 is 11.3 Å². The molecule has 1 unspecified atom stereocenters. The van der Waals surface area contributed by atoms with Gasteiger partial charge >= 0.3 is 0 Å². The van der Waals surface area contributed by atoms with E-state index in [-0.39, 0.29) is 0 Å². The topological polar surface area (TPSA) is 25.8 Å². The fourth-order valence-corrected chi connectivity index (χ4v) is 2.71. The van der Waals surface area contributed by atoms with Gasteiger partial charge in [0.1, 0.15) is 10.3 Å². The third kappa shape index (κ3) is 2.02. The smallest absolute Gasteiger partial charge is 0.143 e. The zero-order chi connectivity index (χ0) is 10.7. The summed E-state index contributed by atoms with van der Waals surface area (Å²) in [4.78, 5) is 9.83. The summed E-state index contributed by atoms with van der Waals surface area (Å²) in [5.74, 6) is 0.641. The van der Waals surface area contributed by atoms with Crippen LogP contribution in [0.3, 0.4) is 0 Å². The lowest BCUT2D eigenvalue weighted by Crippen LogP contribution is -1.98. The molecule has 2 nitrogen and oxygen atoms in total. The highest BCUT2D eigenvalue weighted by Crippen LogP contribution is 2.30. The first-order valence-electron chi connectivity index (χ1n) is 5.54. The van der Waals surface area contributed by atoms with Crippen molar-refractivity contribution in [3.8, 4) is 0 Å². The van der Waals surface area contributed by atoms with E-state index in [1.807, 2.05) is 11.7 Å². The maximum atomic E-state index is 4.43. The molecule has 0 saturated carbocycles. The zero-order valence-corrected chi connectivity index (χ0v) is 10.0. The summed E-state index contributed by atoms with van der Waals surface area (Å²) < 4.78 is 0. The van der Waals surface area contributed by atoms with Crippen molar-refractivity contribution < 1.29 is 0 Å². The van der Waals surface area contributed by atoms with Crippen LogP contribution in [0.4, 0.5) is 0 Å². The van der Waals surface area contributed by atoms with Crippen molar-refractivity contribution in [2.24, 2.45) is 0 Å². The van der Waals surface area contributed by atoms with E-state index in [0.29, 0.717) is 5.92 Å². The summed E-state index contributed by atoms with van der Waals surface area (Å²) in [5.41, 5.74) is 4.38. The molecule has 0 aromatic carbocycles. The van der Waals surface area contributed by atoms with Gasteiger partial charge in [-0.25, -0.2) is 9.97 Å². The minimum absolute atomic E-state index is 0.641. The molecule has 80 valence electrons. The van der Waals surface area contributed by atoms with Gasteiger partial charge in [0.25, 0.3) is 0 Å². The first-order valence-corrected chi connectivity index (χ1v) is 6.42. The van der Waals surface area contributed by atoms with Crippen molar-refractivity contribution in [3.63, 3.8) is 0 Å². The minimum Gasteiger partial charge on any atom is -0.244 e. The van der Waals surface area contributed by atoms with Crippen molar-refractivity contribution in [3.05, 3.63) is 23.3 Å².